The van der Waals surface area contributed by atoms with Crippen molar-refractivity contribution in [2.24, 2.45) is 11.7 Å². The maximum Gasteiger partial charge on any atom is 0.159 e. The van der Waals surface area contributed by atoms with Crippen molar-refractivity contribution in [1.29, 1.82) is 0 Å². The Morgan fingerprint density at radius 3 is 2.09 bits per heavy atom. The number of benzene rings is 2. The number of Topliss-reactive ketones (excluding diaryl/α,β-unsaturated/α-hetero) is 1. The lowest BCUT2D eigenvalue weighted by atomic mass is 9.96. The molecule has 1 unspecified atom stereocenters. The van der Waals surface area contributed by atoms with Crippen LogP contribution in [0.3, 0.4) is 0 Å². The summed E-state index contributed by atoms with van der Waals surface area (Å²) >= 11 is 0. The highest BCUT2D eigenvalue weighted by atomic mass is 16.1. The molecule has 0 spiro atoms. The van der Waals surface area contributed by atoms with Gasteiger partial charge in [-0.1, -0.05) is 134 Å². The molecule has 1 aliphatic carbocycles. The third kappa shape index (κ3) is 13.5. The number of carbonyl (C=O) groups excluding carboxylic acids is 1. The standard InChI is InChI=1S/C27H27NO.C7H17N.C5H10.C2H6/c1-19-11-9-10-14-25(19)17-20(2)22(4)27(24-12-7-6-8-13-24)28-16-15-26(23(5)29)18-21(28)3;1-3-5-6-7(8)4-2;1-2-5-3-4-5;1-2/h6-18H,3H2,1-2,4-5H3;7H,3-6,8H2,1-2H3;5H,2-4H2,1H3;1-2H3/b20-17+,27-22+;;;. The van der Waals surface area contributed by atoms with E-state index in [2.05, 4.69) is 95.5 Å². The molecule has 240 valence electrons. The number of carbonyl (C=O) groups is 1. The molecular weight excluding hydrogens is 536 g/mol. The van der Waals surface area contributed by atoms with Gasteiger partial charge in [-0.05, 0) is 86.4 Å². The van der Waals surface area contributed by atoms with Gasteiger partial charge in [-0.25, -0.2) is 0 Å². The van der Waals surface area contributed by atoms with Gasteiger partial charge in [0, 0.05) is 23.5 Å². The van der Waals surface area contributed by atoms with Crippen LogP contribution in [-0.4, -0.2) is 16.7 Å². The molecule has 1 aliphatic heterocycles. The lowest BCUT2D eigenvalue weighted by molar-refractivity contribution is -0.113. The molecule has 0 aromatic heterocycles. The Morgan fingerprint density at radius 2 is 1.61 bits per heavy atom. The molecule has 2 aromatic rings. The van der Waals surface area contributed by atoms with E-state index < -0.39 is 0 Å². The number of hydrogen-bond donors (Lipinski definition) is 1. The summed E-state index contributed by atoms with van der Waals surface area (Å²) in [5, 5.41) is 0. The van der Waals surface area contributed by atoms with Crippen molar-refractivity contribution in [2.45, 2.75) is 113 Å². The molecule has 1 saturated carbocycles. The molecule has 3 nitrogen and oxygen atoms in total. The first-order valence-electron chi connectivity index (χ1n) is 16.8. The maximum absolute atomic E-state index is 11.8. The minimum atomic E-state index is 0.0413. The molecule has 4 rings (SSSR count). The van der Waals surface area contributed by atoms with Gasteiger partial charge < -0.3 is 10.6 Å². The number of nitrogens with two attached hydrogens (primary N) is 1. The van der Waals surface area contributed by atoms with Gasteiger partial charge in [-0.2, -0.15) is 0 Å². The molecule has 2 N–H and O–H groups in total. The summed E-state index contributed by atoms with van der Waals surface area (Å²) in [4.78, 5) is 13.8. The van der Waals surface area contributed by atoms with Crippen LogP contribution in [0.1, 0.15) is 117 Å². The first-order valence-corrected chi connectivity index (χ1v) is 16.8. The summed E-state index contributed by atoms with van der Waals surface area (Å²) in [6.45, 7) is 22.8. The molecule has 2 aromatic carbocycles. The molecule has 1 fully saturated rings. The lowest BCUT2D eigenvalue weighted by Crippen LogP contribution is -2.19. The average molecular weight is 597 g/mol. The average Bonchev–Trinajstić information content (AvgIpc) is 3.89. The van der Waals surface area contributed by atoms with Gasteiger partial charge in [0.1, 0.15) is 0 Å². The normalized spacial score (nSPS) is 15.3. The van der Waals surface area contributed by atoms with Crippen LogP contribution in [0.15, 0.2) is 102 Å². The number of rotatable bonds is 10. The zero-order valence-electron chi connectivity index (χ0n) is 29.2. The SMILES string of the molecule is C=C1C=C(C(C)=O)C=CN1/C(=C(C)/C(C)=C/c1ccccc1C)c1ccccc1.CC.CCC1CC1.CCCCC(N)CC. The minimum absolute atomic E-state index is 0.0413. The molecule has 1 atom stereocenters. The van der Waals surface area contributed by atoms with Crippen molar-refractivity contribution in [3.05, 3.63) is 119 Å². The highest BCUT2D eigenvalue weighted by Crippen LogP contribution is 2.33. The third-order valence-electron chi connectivity index (χ3n) is 7.96. The van der Waals surface area contributed by atoms with Crippen molar-refractivity contribution in [1.82, 2.24) is 4.90 Å². The molecule has 0 amide bonds. The van der Waals surface area contributed by atoms with Crippen LogP contribution in [0.25, 0.3) is 11.8 Å². The Labute approximate surface area is 270 Å². The highest BCUT2D eigenvalue weighted by molar-refractivity contribution is 5.97. The Morgan fingerprint density at radius 1 is 1.00 bits per heavy atom. The fraction of sp³-hybridized carbons (Fsp3) is 0.439. The van der Waals surface area contributed by atoms with Crippen LogP contribution in [-0.2, 0) is 4.79 Å². The second kappa shape index (κ2) is 21.3. The highest BCUT2D eigenvalue weighted by Gasteiger charge is 2.19. The fourth-order valence-corrected chi connectivity index (χ4v) is 4.59. The zero-order valence-corrected chi connectivity index (χ0v) is 29.2. The molecule has 2 aliphatic rings. The third-order valence-corrected chi connectivity index (χ3v) is 7.96. The molecule has 44 heavy (non-hydrogen) atoms. The summed E-state index contributed by atoms with van der Waals surface area (Å²) < 4.78 is 0. The van der Waals surface area contributed by atoms with Crippen LogP contribution in [0, 0.1) is 12.8 Å². The fourth-order valence-electron chi connectivity index (χ4n) is 4.59. The molecule has 1 heterocycles. The number of hydrogen-bond acceptors (Lipinski definition) is 3. The Kier molecular flexibility index (Phi) is 18.7. The van der Waals surface area contributed by atoms with Crippen molar-refractivity contribution in [3.8, 4) is 0 Å². The summed E-state index contributed by atoms with van der Waals surface area (Å²) in [6.07, 6.45) is 17.2. The number of aryl methyl sites for hydroxylation is 1. The van der Waals surface area contributed by atoms with Crippen LogP contribution >= 0.6 is 0 Å². The Hall–Kier alpha value is -3.43. The van der Waals surface area contributed by atoms with Gasteiger partial charge in [-0.3, -0.25) is 4.79 Å². The van der Waals surface area contributed by atoms with Gasteiger partial charge in [-0.15, -0.1) is 0 Å². The van der Waals surface area contributed by atoms with Gasteiger partial charge in [0.05, 0.1) is 5.70 Å². The second-order valence-electron chi connectivity index (χ2n) is 11.5. The van der Waals surface area contributed by atoms with Crippen molar-refractivity contribution < 1.29 is 4.79 Å². The minimum Gasteiger partial charge on any atom is -0.328 e. The number of ketones is 1. The van der Waals surface area contributed by atoms with Gasteiger partial charge in [0.2, 0.25) is 0 Å². The second-order valence-corrected chi connectivity index (χ2v) is 11.5. The predicted molar refractivity (Wildman–Crippen MR) is 195 cm³/mol. The van der Waals surface area contributed by atoms with E-state index in [9.17, 15) is 4.79 Å². The molecule has 0 radical (unpaired) electrons. The Balaban J connectivity index is 0.000000531. The first-order chi connectivity index (χ1) is 21.1. The summed E-state index contributed by atoms with van der Waals surface area (Å²) in [6, 6.07) is 19.1. The molecule has 0 saturated heterocycles. The van der Waals surface area contributed by atoms with E-state index in [4.69, 9.17) is 5.73 Å². The molecule has 3 heteroatoms. The predicted octanol–water partition coefficient (Wildman–Crippen LogP) is 11.4. The topological polar surface area (TPSA) is 46.3 Å². The van der Waals surface area contributed by atoms with E-state index in [1.54, 1.807) is 6.92 Å². The van der Waals surface area contributed by atoms with E-state index in [0.29, 0.717) is 11.6 Å². The van der Waals surface area contributed by atoms with E-state index in [0.717, 1.165) is 34.9 Å². The number of unbranched alkanes of at least 4 members (excludes halogenated alkanes) is 1. The monoisotopic (exact) mass is 596 g/mol. The van der Waals surface area contributed by atoms with Crippen LogP contribution in [0.4, 0.5) is 0 Å². The van der Waals surface area contributed by atoms with Gasteiger partial charge in [0.25, 0.3) is 0 Å². The van der Waals surface area contributed by atoms with Crippen LogP contribution in [0.5, 0.6) is 0 Å². The molecule has 0 bridgehead atoms. The summed E-state index contributed by atoms with van der Waals surface area (Å²) in [5.74, 6) is 1.18. The van der Waals surface area contributed by atoms with Crippen LogP contribution in [0.2, 0.25) is 0 Å². The van der Waals surface area contributed by atoms with E-state index >= 15 is 0 Å². The van der Waals surface area contributed by atoms with E-state index in [1.807, 2.05) is 50.4 Å². The lowest BCUT2D eigenvalue weighted by Gasteiger charge is -2.29. The smallest absolute Gasteiger partial charge is 0.159 e. The van der Waals surface area contributed by atoms with Crippen molar-refractivity contribution >= 4 is 17.6 Å². The van der Waals surface area contributed by atoms with Gasteiger partial charge in [0.15, 0.2) is 5.78 Å². The Bertz CT molecular complexity index is 1270. The van der Waals surface area contributed by atoms with E-state index in [-0.39, 0.29) is 5.78 Å². The first kappa shape index (κ1) is 38.6. The largest absolute Gasteiger partial charge is 0.328 e. The van der Waals surface area contributed by atoms with E-state index in [1.165, 1.54) is 55.2 Å². The van der Waals surface area contributed by atoms with Crippen molar-refractivity contribution in [3.63, 3.8) is 0 Å². The number of allylic oxidation sites excluding steroid dienone is 5. The summed E-state index contributed by atoms with van der Waals surface area (Å²) in [5.41, 5.74) is 14.1. The summed E-state index contributed by atoms with van der Waals surface area (Å²) in [7, 11) is 0. The number of nitrogens with zero attached hydrogens (tertiary/aromatic N) is 1. The molecular formula is C41H60N2O. The van der Waals surface area contributed by atoms with Crippen molar-refractivity contribution in [2.75, 3.05) is 0 Å². The quantitative estimate of drug-likeness (QED) is 0.278. The van der Waals surface area contributed by atoms with Crippen LogP contribution < -0.4 is 5.73 Å². The zero-order chi connectivity index (χ0) is 33.1. The maximum atomic E-state index is 11.8. The van der Waals surface area contributed by atoms with Gasteiger partial charge >= 0.3 is 0 Å².